The van der Waals surface area contributed by atoms with Crippen molar-refractivity contribution in [1.82, 2.24) is 0 Å². The van der Waals surface area contributed by atoms with E-state index >= 15 is 0 Å². The summed E-state index contributed by atoms with van der Waals surface area (Å²) in [4.78, 5) is 20.4. The summed E-state index contributed by atoms with van der Waals surface area (Å²) in [6.07, 6.45) is 1.62. The van der Waals surface area contributed by atoms with Crippen LogP contribution in [0.15, 0.2) is 60.7 Å². The first-order valence-corrected chi connectivity index (χ1v) is 10.1. The number of carbonyl (C=O) groups is 2. The Labute approximate surface area is 178 Å². The zero-order valence-electron chi connectivity index (χ0n) is 18.2. The average molecular weight is 419 g/mol. The van der Waals surface area contributed by atoms with Gasteiger partial charge in [0.25, 0.3) is 0 Å². The van der Waals surface area contributed by atoms with Gasteiger partial charge in [-0.25, -0.2) is 9.59 Å². The predicted molar refractivity (Wildman–Crippen MR) is 118 cm³/mol. The van der Waals surface area contributed by atoms with Gasteiger partial charge in [-0.2, -0.15) is 0 Å². The Kier molecular flexibility index (Phi) is 13.0. The molecule has 2 atom stereocenters. The third-order valence-corrected chi connectivity index (χ3v) is 4.52. The van der Waals surface area contributed by atoms with Gasteiger partial charge in [0.05, 0.1) is 22.8 Å². The van der Waals surface area contributed by atoms with E-state index in [9.17, 15) is 19.8 Å². The highest BCUT2D eigenvalue weighted by Gasteiger charge is 2.34. The molecule has 4 N–H and O–H groups in total. The number of carboxylic acid groups (broad SMARTS) is 2. The summed E-state index contributed by atoms with van der Waals surface area (Å²) < 4.78 is 0. The van der Waals surface area contributed by atoms with Crippen molar-refractivity contribution in [2.45, 2.75) is 58.7 Å². The fourth-order valence-electron chi connectivity index (χ4n) is 2.75. The summed E-state index contributed by atoms with van der Waals surface area (Å²) in [5, 5.41) is 36.5. The van der Waals surface area contributed by atoms with Gasteiger partial charge >= 0.3 is 11.9 Å². The molecule has 0 aliphatic carbocycles. The van der Waals surface area contributed by atoms with Crippen LogP contribution in [0.1, 0.15) is 67.7 Å². The zero-order chi connectivity index (χ0) is 23.2. The molecule has 0 spiro atoms. The minimum absolute atomic E-state index is 0.126. The number of hydrogen-bond donors (Lipinski definition) is 4. The van der Waals surface area contributed by atoms with E-state index in [1.165, 1.54) is 0 Å². The van der Waals surface area contributed by atoms with E-state index in [2.05, 4.69) is 0 Å². The Balaban J connectivity index is 0.000000426. The molecule has 0 saturated carbocycles. The van der Waals surface area contributed by atoms with Crippen LogP contribution in [0.5, 0.6) is 0 Å². The van der Waals surface area contributed by atoms with E-state index in [4.69, 9.17) is 10.2 Å². The van der Waals surface area contributed by atoms with Crippen molar-refractivity contribution >= 4 is 11.9 Å². The molecule has 0 bridgehead atoms. The standard InChI is InChI=1S/C10H22O2.2C7H6O2/c1-5-7-10(12,6-2)9(11)8(3)4;2*8-7(9)6-4-2-1-3-5-6/h8-9,11-12H,5-7H2,1-4H3;2*1-5H,(H,8,9). The maximum absolute atomic E-state index is 10.2. The van der Waals surface area contributed by atoms with Crippen molar-refractivity contribution in [3.63, 3.8) is 0 Å². The maximum Gasteiger partial charge on any atom is 0.335 e. The molecule has 0 aliphatic heterocycles. The number of rotatable bonds is 7. The molecule has 0 radical (unpaired) electrons. The molecular formula is C24H34O6. The van der Waals surface area contributed by atoms with E-state index in [0.717, 1.165) is 6.42 Å². The van der Waals surface area contributed by atoms with E-state index in [1.54, 1.807) is 60.7 Å². The van der Waals surface area contributed by atoms with Crippen molar-refractivity contribution in [3.8, 4) is 0 Å². The second kappa shape index (κ2) is 14.3. The molecule has 6 nitrogen and oxygen atoms in total. The molecule has 0 heterocycles. The first-order valence-electron chi connectivity index (χ1n) is 10.1. The molecule has 0 saturated heterocycles. The Morgan fingerprint density at radius 2 is 1.20 bits per heavy atom. The lowest BCUT2D eigenvalue weighted by Crippen LogP contribution is -2.44. The van der Waals surface area contributed by atoms with Gasteiger partial charge in [-0.05, 0) is 43.0 Å². The normalized spacial score (nSPS) is 13.0. The van der Waals surface area contributed by atoms with Gasteiger partial charge in [-0.1, -0.05) is 70.5 Å². The molecule has 30 heavy (non-hydrogen) atoms. The average Bonchev–Trinajstić information content (AvgIpc) is 2.75. The summed E-state index contributed by atoms with van der Waals surface area (Å²) in [6, 6.07) is 16.6. The van der Waals surface area contributed by atoms with Crippen LogP contribution < -0.4 is 0 Å². The topological polar surface area (TPSA) is 115 Å². The quantitative estimate of drug-likeness (QED) is 0.517. The lowest BCUT2D eigenvalue weighted by molar-refractivity contribution is -0.102. The molecular weight excluding hydrogens is 384 g/mol. The lowest BCUT2D eigenvalue weighted by atomic mass is 9.83. The molecule has 0 fully saturated rings. The zero-order valence-corrected chi connectivity index (χ0v) is 18.2. The Hall–Kier alpha value is -2.70. The summed E-state index contributed by atoms with van der Waals surface area (Å²) in [6.45, 7) is 7.80. The van der Waals surface area contributed by atoms with Crippen LogP contribution in [0.4, 0.5) is 0 Å². The molecule has 166 valence electrons. The highest BCUT2D eigenvalue weighted by atomic mass is 16.4. The largest absolute Gasteiger partial charge is 0.478 e. The SMILES string of the molecule is CCCC(O)(CC)C(O)C(C)C.O=C(O)c1ccccc1.O=C(O)c1ccccc1. The van der Waals surface area contributed by atoms with E-state index in [1.807, 2.05) is 27.7 Å². The maximum atomic E-state index is 10.2. The minimum Gasteiger partial charge on any atom is -0.478 e. The monoisotopic (exact) mass is 418 g/mol. The van der Waals surface area contributed by atoms with E-state index in [0.29, 0.717) is 24.0 Å². The number of aliphatic hydroxyl groups excluding tert-OH is 1. The van der Waals surface area contributed by atoms with Crippen molar-refractivity contribution in [2.75, 3.05) is 0 Å². The molecule has 0 aliphatic rings. The van der Waals surface area contributed by atoms with Gasteiger partial charge in [0, 0.05) is 0 Å². The van der Waals surface area contributed by atoms with Gasteiger partial charge in [0.2, 0.25) is 0 Å². The lowest BCUT2D eigenvalue weighted by Gasteiger charge is -2.34. The highest BCUT2D eigenvalue weighted by molar-refractivity contribution is 5.87. The second-order valence-corrected chi connectivity index (χ2v) is 7.24. The Bertz CT molecular complexity index is 680. The molecule has 2 aromatic carbocycles. The third-order valence-electron chi connectivity index (χ3n) is 4.52. The van der Waals surface area contributed by atoms with Crippen LogP contribution >= 0.6 is 0 Å². The van der Waals surface area contributed by atoms with Crippen LogP contribution in [-0.2, 0) is 0 Å². The first-order chi connectivity index (χ1) is 14.1. The molecule has 2 unspecified atom stereocenters. The van der Waals surface area contributed by atoms with Gasteiger partial charge in [0.15, 0.2) is 0 Å². The Morgan fingerprint density at radius 3 is 1.40 bits per heavy atom. The van der Waals surface area contributed by atoms with Gasteiger partial charge in [-0.15, -0.1) is 0 Å². The molecule has 0 aromatic heterocycles. The van der Waals surface area contributed by atoms with Crippen LogP contribution in [0.3, 0.4) is 0 Å². The van der Waals surface area contributed by atoms with Crippen molar-refractivity contribution in [3.05, 3.63) is 71.8 Å². The predicted octanol–water partition coefficient (Wildman–Crippen LogP) is 4.71. The second-order valence-electron chi connectivity index (χ2n) is 7.24. The number of hydrogen-bond acceptors (Lipinski definition) is 4. The van der Waals surface area contributed by atoms with Crippen molar-refractivity contribution in [2.24, 2.45) is 5.92 Å². The number of benzene rings is 2. The number of aromatic carboxylic acids is 2. The van der Waals surface area contributed by atoms with Gasteiger partial charge in [-0.3, -0.25) is 0 Å². The van der Waals surface area contributed by atoms with Crippen LogP contribution in [0, 0.1) is 5.92 Å². The molecule has 2 rings (SSSR count). The molecule has 6 heteroatoms. The van der Waals surface area contributed by atoms with Crippen molar-refractivity contribution < 1.29 is 30.0 Å². The highest BCUT2D eigenvalue weighted by Crippen LogP contribution is 2.26. The fraction of sp³-hybridized carbons (Fsp3) is 0.417. The van der Waals surface area contributed by atoms with Gasteiger partial charge in [0.1, 0.15) is 0 Å². The van der Waals surface area contributed by atoms with Gasteiger partial charge < -0.3 is 20.4 Å². The minimum atomic E-state index is -0.879. The Morgan fingerprint density at radius 1 is 0.833 bits per heavy atom. The summed E-state index contributed by atoms with van der Waals surface area (Å²) in [7, 11) is 0. The smallest absolute Gasteiger partial charge is 0.335 e. The summed E-state index contributed by atoms with van der Waals surface area (Å²) in [5.74, 6) is -1.63. The van der Waals surface area contributed by atoms with Crippen LogP contribution in [0.25, 0.3) is 0 Å². The summed E-state index contributed by atoms with van der Waals surface area (Å²) in [5.41, 5.74) is -0.210. The first kappa shape index (κ1) is 27.3. The summed E-state index contributed by atoms with van der Waals surface area (Å²) >= 11 is 0. The van der Waals surface area contributed by atoms with Crippen LogP contribution in [-0.4, -0.2) is 44.1 Å². The molecule has 0 amide bonds. The van der Waals surface area contributed by atoms with E-state index < -0.39 is 23.6 Å². The molecule has 2 aromatic rings. The number of aliphatic hydroxyl groups is 2. The van der Waals surface area contributed by atoms with Crippen molar-refractivity contribution in [1.29, 1.82) is 0 Å². The fourth-order valence-corrected chi connectivity index (χ4v) is 2.75. The van der Waals surface area contributed by atoms with Crippen LogP contribution in [0.2, 0.25) is 0 Å². The third kappa shape index (κ3) is 10.2. The van der Waals surface area contributed by atoms with E-state index in [-0.39, 0.29) is 5.92 Å². The number of carboxylic acids is 2.